The Morgan fingerprint density at radius 2 is 1.86 bits per heavy atom. The number of rotatable bonds is 7. The number of nitrogens with zero attached hydrogens (tertiary/aromatic N) is 1. The smallest absolute Gasteiger partial charge is 0.352 e. The van der Waals surface area contributed by atoms with Gasteiger partial charge in [0.2, 0.25) is 5.91 Å². The van der Waals surface area contributed by atoms with Crippen LogP contribution in [-0.2, 0) is 17.5 Å². The minimum absolute atomic E-state index is 0.0392. The maximum Gasteiger partial charge on any atom is 0.416 e. The maximum atomic E-state index is 13.8. The molecular weight excluding hydrogens is 462 g/mol. The number of halogens is 4. The summed E-state index contributed by atoms with van der Waals surface area (Å²) in [6, 6.07) is 9.00. The molecule has 2 aromatic rings. The fourth-order valence-corrected chi connectivity index (χ4v) is 4.30. The minimum atomic E-state index is -4.46. The monoisotopic (exact) mass is 493 g/mol. The molecule has 3 rings (SSSR count). The number of unbranched alkanes of at least 4 members (excludes halogenated alkanes) is 1. The standard InChI is InChI=1S/C26H31F4N3O2/c1-3-4-12-31-25(35)33-16-20(9-11-23(33)19-8-10-22(27)17(2)13-19)24(34)32-15-18-6-5-7-21(14-18)26(28,29)30/h5-8,10,13-14,20,23H,3-4,9,11-12,15-16H2,1-2H3,(H,31,35)(H,32,34)/t20-,23-/m0/s1. The van der Waals surface area contributed by atoms with E-state index < -0.39 is 17.7 Å². The van der Waals surface area contributed by atoms with Crippen LogP contribution in [0.2, 0.25) is 0 Å². The van der Waals surface area contributed by atoms with Gasteiger partial charge in [0.25, 0.3) is 0 Å². The molecule has 0 aliphatic carbocycles. The van der Waals surface area contributed by atoms with E-state index in [1.165, 1.54) is 18.2 Å². The van der Waals surface area contributed by atoms with Crippen molar-refractivity contribution in [3.8, 4) is 0 Å². The summed E-state index contributed by atoms with van der Waals surface area (Å²) in [4.78, 5) is 27.5. The SMILES string of the molecule is CCCCNC(=O)N1C[C@@H](C(=O)NCc2cccc(C(F)(F)F)c2)CC[C@H]1c1ccc(F)c(C)c1. The van der Waals surface area contributed by atoms with Gasteiger partial charge in [-0.25, -0.2) is 9.18 Å². The summed E-state index contributed by atoms with van der Waals surface area (Å²) in [5.41, 5.74) is 0.860. The van der Waals surface area contributed by atoms with E-state index in [1.807, 2.05) is 6.92 Å². The highest BCUT2D eigenvalue weighted by molar-refractivity contribution is 5.81. The van der Waals surface area contributed by atoms with E-state index in [1.54, 1.807) is 24.0 Å². The number of urea groups is 1. The fourth-order valence-electron chi connectivity index (χ4n) is 4.30. The van der Waals surface area contributed by atoms with Crippen LogP contribution in [-0.4, -0.2) is 29.9 Å². The number of benzene rings is 2. The van der Waals surface area contributed by atoms with E-state index in [2.05, 4.69) is 10.6 Å². The molecule has 0 aromatic heterocycles. The van der Waals surface area contributed by atoms with E-state index in [-0.39, 0.29) is 36.9 Å². The summed E-state index contributed by atoms with van der Waals surface area (Å²) in [5, 5.41) is 5.61. The van der Waals surface area contributed by atoms with Gasteiger partial charge in [-0.3, -0.25) is 4.79 Å². The van der Waals surface area contributed by atoms with Crippen LogP contribution in [0.5, 0.6) is 0 Å². The van der Waals surface area contributed by atoms with Crippen LogP contribution in [0.1, 0.15) is 60.9 Å². The summed E-state index contributed by atoms with van der Waals surface area (Å²) >= 11 is 0. The lowest BCUT2D eigenvalue weighted by atomic mass is 9.88. The summed E-state index contributed by atoms with van der Waals surface area (Å²) in [5.74, 6) is -1.15. The number of carbonyl (C=O) groups is 2. The highest BCUT2D eigenvalue weighted by Crippen LogP contribution is 2.34. The van der Waals surface area contributed by atoms with E-state index in [9.17, 15) is 27.2 Å². The van der Waals surface area contributed by atoms with Gasteiger partial charge in [-0.1, -0.05) is 37.6 Å². The largest absolute Gasteiger partial charge is 0.416 e. The second-order valence-electron chi connectivity index (χ2n) is 8.95. The van der Waals surface area contributed by atoms with Gasteiger partial charge in [0.05, 0.1) is 17.5 Å². The number of nitrogens with one attached hydrogen (secondary N) is 2. The third kappa shape index (κ3) is 6.96. The van der Waals surface area contributed by atoms with Gasteiger partial charge in [-0.2, -0.15) is 13.2 Å². The number of carbonyl (C=O) groups excluding carboxylic acids is 2. The van der Waals surface area contributed by atoms with Crippen molar-refractivity contribution in [1.82, 2.24) is 15.5 Å². The van der Waals surface area contributed by atoms with Gasteiger partial charge < -0.3 is 15.5 Å². The van der Waals surface area contributed by atoms with E-state index in [4.69, 9.17) is 0 Å². The lowest BCUT2D eigenvalue weighted by Gasteiger charge is -2.39. The molecule has 1 fully saturated rings. The van der Waals surface area contributed by atoms with Crippen LogP contribution in [0.25, 0.3) is 0 Å². The average molecular weight is 494 g/mol. The molecule has 2 aromatic carbocycles. The fraction of sp³-hybridized carbons (Fsp3) is 0.462. The van der Waals surface area contributed by atoms with Gasteiger partial charge in [0, 0.05) is 19.6 Å². The van der Waals surface area contributed by atoms with Crippen molar-refractivity contribution in [2.45, 2.75) is 58.3 Å². The van der Waals surface area contributed by atoms with Crippen LogP contribution in [0.3, 0.4) is 0 Å². The highest BCUT2D eigenvalue weighted by Gasteiger charge is 2.36. The number of alkyl halides is 3. The Morgan fingerprint density at radius 1 is 1.09 bits per heavy atom. The predicted octanol–water partition coefficient (Wildman–Crippen LogP) is 5.73. The minimum Gasteiger partial charge on any atom is -0.352 e. The Kier molecular flexibility index (Phi) is 8.75. The van der Waals surface area contributed by atoms with Crippen LogP contribution in [0.4, 0.5) is 22.4 Å². The van der Waals surface area contributed by atoms with E-state index in [0.717, 1.165) is 30.5 Å². The molecule has 5 nitrogen and oxygen atoms in total. The molecule has 9 heteroatoms. The van der Waals surface area contributed by atoms with Gasteiger partial charge in [-0.05, 0) is 61.1 Å². The molecule has 190 valence electrons. The average Bonchev–Trinajstić information content (AvgIpc) is 2.83. The Hall–Kier alpha value is -3.10. The molecule has 1 aliphatic rings. The molecule has 3 amide bonds. The first-order valence-corrected chi connectivity index (χ1v) is 11.8. The van der Waals surface area contributed by atoms with Crippen LogP contribution >= 0.6 is 0 Å². The molecule has 0 bridgehead atoms. The zero-order chi connectivity index (χ0) is 25.6. The molecule has 0 unspecified atom stereocenters. The van der Waals surface area contributed by atoms with Crippen molar-refractivity contribution in [1.29, 1.82) is 0 Å². The van der Waals surface area contributed by atoms with Crippen molar-refractivity contribution in [2.24, 2.45) is 5.92 Å². The first-order chi connectivity index (χ1) is 16.6. The first-order valence-electron chi connectivity index (χ1n) is 11.8. The Bertz CT molecular complexity index is 1040. The quantitative estimate of drug-likeness (QED) is 0.382. The Morgan fingerprint density at radius 3 is 2.54 bits per heavy atom. The molecule has 1 heterocycles. The summed E-state index contributed by atoms with van der Waals surface area (Å²) in [6.07, 6.45) is -1.72. The molecule has 0 radical (unpaired) electrons. The molecule has 35 heavy (non-hydrogen) atoms. The highest BCUT2D eigenvalue weighted by atomic mass is 19.4. The molecule has 2 N–H and O–H groups in total. The number of piperidine rings is 1. The van der Waals surface area contributed by atoms with Crippen molar-refractivity contribution >= 4 is 11.9 Å². The van der Waals surface area contributed by atoms with Crippen molar-refractivity contribution in [3.63, 3.8) is 0 Å². The zero-order valence-electron chi connectivity index (χ0n) is 19.9. The van der Waals surface area contributed by atoms with Crippen molar-refractivity contribution < 1.29 is 27.2 Å². The topological polar surface area (TPSA) is 61.4 Å². The van der Waals surface area contributed by atoms with Crippen LogP contribution in [0.15, 0.2) is 42.5 Å². The summed E-state index contributed by atoms with van der Waals surface area (Å²) in [7, 11) is 0. The Labute approximate surface area is 202 Å². The van der Waals surface area contributed by atoms with Gasteiger partial charge in [0.15, 0.2) is 0 Å². The number of likely N-dealkylation sites (tertiary alicyclic amines) is 1. The van der Waals surface area contributed by atoms with Crippen LogP contribution in [0, 0.1) is 18.7 Å². The zero-order valence-corrected chi connectivity index (χ0v) is 19.9. The lowest BCUT2D eigenvalue weighted by Crippen LogP contribution is -2.50. The third-order valence-electron chi connectivity index (χ3n) is 6.31. The molecule has 0 spiro atoms. The number of aryl methyl sites for hydroxylation is 1. The number of amides is 3. The van der Waals surface area contributed by atoms with Gasteiger partial charge >= 0.3 is 12.2 Å². The van der Waals surface area contributed by atoms with E-state index in [0.29, 0.717) is 30.5 Å². The predicted molar refractivity (Wildman–Crippen MR) is 125 cm³/mol. The number of hydrogen-bond acceptors (Lipinski definition) is 2. The van der Waals surface area contributed by atoms with Crippen molar-refractivity contribution in [3.05, 3.63) is 70.5 Å². The lowest BCUT2D eigenvalue weighted by molar-refractivity contribution is -0.137. The molecule has 1 aliphatic heterocycles. The Balaban J connectivity index is 1.70. The normalized spacial score (nSPS) is 18.3. The first kappa shape index (κ1) is 26.5. The molecule has 1 saturated heterocycles. The maximum absolute atomic E-state index is 13.8. The van der Waals surface area contributed by atoms with Gasteiger partial charge in [-0.15, -0.1) is 0 Å². The molecule has 0 saturated carbocycles. The van der Waals surface area contributed by atoms with Crippen molar-refractivity contribution in [2.75, 3.05) is 13.1 Å². The number of hydrogen-bond donors (Lipinski definition) is 2. The van der Waals surface area contributed by atoms with E-state index >= 15 is 0 Å². The second kappa shape index (κ2) is 11.6. The summed E-state index contributed by atoms with van der Waals surface area (Å²) < 4.78 is 52.7. The van der Waals surface area contributed by atoms with Crippen LogP contribution < -0.4 is 10.6 Å². The van der Waals surface area contributed by atoms with Gasteiger partial charge in [0.1, 0.15) is 5.82 Å². The molecular formula is C26H31F4N3O2. The molecule has 2 atom stereocenters. The second-order valence-corrected chi connectivity index (χ2v) is 8.95. The summed E-state index contributed by atoms with van der Waals surface area (Å²) in [6.45, 7) is 4.31. The third-order valence-corrected chi connectivity index (χ3v) is 6.31.